The summed E-state index contributed by atoms with van der Waals surface area (Å²) < 4.78 is 50.8. The maximum absolute atomic E-state index is 13.3. The maximum atomic E-state index is 13.3. The highest BCUT2D eigenvalue weighted by Gasteiger charge is 2.43. The van der Waals surface area contributed by atoms with Crippen LogP contribution in [0.1, 0.15) is 22.8 Å². The lowest BCUT2D eigenvalue weighted by atomic mass is 9.83. The van der Waals surface area contributed by atoms with Gasteiger partial charge in [0.05, 0.1) is 5.56 Å². The van der Waals surface area contributed by atoms with E-state index < -0.39 is 36.0 Å². The first-order valence-corrected chi connectivity index (χ1v) is 10.3. The van der Waals surface area contributed by atoms with E-state index in [1.807, 2.05) is 30.3 Å². The number of aliphatic hydroxyl groups is 2. The largest absolute Gasteiger partial charge is 0.490 e. The molecule has 6 nitrogen and oxygen atoms in total. The lowest BCUT2D eigenvalue weighted by Gasteiger charge is -2.38. The molecule has 178 valence electrons. The Hall–Kier alpha value is -3.56. The summed E-state index contributed by atoms with van der Waals surface area (Å²) in [6, 6.07) is 16.2. The normalized spacial score (nSPS) is 19.7. The molecule has 0 bridgehead atoms. The minimum absolute atomic E-state index is 0.0158. The number of aliphatic hydroxyl groups excluding tert-OH is 1. The number of carboxylic acid groups (broad SMARTS) is 1. The summed E-state index contributed by atoms with van der Waals surface area (Å²) in [6.45, 7) is -0.963. The molecule has 3 N–H and O–H groups in total. The Morgan fingerprint density at radius 2 is 1.82 bits per heavy atom. The van der Waals surface area contributed by atoms with Gasteiger partial charge in [-0.05, 0) is 35.4 Å². The third-order valence-corrected chi connectivity index (χ3v) is 5.62. The maximum Gasteiger partial charge on any atom is 0.416 e. The number of halogens is 3. The summed E-state index contributed by atoms with van der Waals surface area (Å²) in [5.41, 5.74) is -1.15. The molecule has 0 aliphatic carbocycles. The second kappa shape index (κ2) is 9.00. The second-order valence-electron chi connectivity index (χ2n) is 8.10. The van der Waals surface area contributed by atoms with Gasteiger partial charge < -0.3 is 24.8 Å². The average molecular weight is 474 g/mol. The van der Waals surface area contributed by atoms with Crippen molar-refractivity contribution in [2.75, 3.05) is 13.2 Å². The minimum Gasteiger partial charge on any atom is -0.490 e. The highest BCUT2D eigenvalue weighted by atomic mass is 19.4. The summed E-state index contributed by atoms with van der Waals surface area (Å²) in [4.78, 5) is 10.9. The first kappa shape index (κ1) is 23.6. The van der Waals surface area contributed by atoms with E-state index in [-0.39, 0.29) is 41.2 Å². The van der Waals surface area contributed by atoms with Crippen LogP contribution in [0, 0.1) is 0 Å². The molecule has 34 heavy (non-hydrogen) atoms. The van der Waals surface area contributed by atoms with Gasteiger partial charge in [-0.1, -0.05) is 42.5 Å². The Balaban J connectivity index is 1.69. The van der Waals surface area contributed by atoms with E-state index in [1.54, 1.807) is 0 Å². The van der Waals surface area contributed by atoms with Gasteiger partial charge in [-0.2, -0.15) is 13.2 Å². The number of benzene rings is 3. The van der Waals surface area contributed by atoms with E-state index in [9.17, 15) is 28.2 Å². The summed E-state index contributed by atoms with van der Waals surface area (Å²) in [5.74, 6) is -1.13. The van der Waals surface area contributed by atoms with E-state index in [0.717, 1.165) is 23.8 Å². The standard InChI is InChI=1S/C25H21F3O6/c26-25(27,28)17-7-9-20(33-13-22(29)30)19(11-17)16-6-8-18-21(10-16)34-14-24(32,23(18)31)12-15-4-2-1-3-5-15/h1-11,23,31-32H,12-14H2,(H,29,30)/t23-,24-/m0/s1. The van der Waals surface area contributed by atoms with Crippen LogP contribution in [0.5, 0.6) is 11.5 Å². The van der Waals surface area contributed by atoms with Gasteiger partial charge in [0.2, 0.25) is 0 Å². The first-order valence-electron chi connectivity index (χ1n) is 10.3. The fourth-order valence-electron chi connectivity index (χ4n) is 3.92. The predicted octanol–water partition coefficient (Wildman–Crippen LogP) is 4.24. The molecule has 1 aliphatic heterocycles. The second-order valence-corrected chi connectivity index (χ2v) is 8.10. The molecular formula is C25H21F3O6. The van der Waals surface area contributed by atoms with Gasteiger partial charge in [-0.3, -0.25) is 0 Å². The zero-order chi connectivity index (χ0) is 24.5. The third kappa shape index (κ3) is 4.85. The Morgan fingerprint density at radius 1 is 1.09 bits per heavy atom. The molecule has 0 saturated carbocycles. The van der Waals surface area contributed by atoms with E-state index in [4.69, 9.17) is 14.6 Å². The predicted molar refractivity (Wildman–Crippen MR) is 116 cm³/mol. The number of hydrogen-bond donors (Lipinski definition) is 3. The van der Waals surface area contributed by atoms with Crippen LogP contribution in [0.3, 0.4) is 0 Å². The lowest BCUT2D eigenvalue weighted by molar-refractivity contribution is -0.140. The van der Waals surface area contributed by atoms with Crippen LogP contribution in [0.2, 0.25) is 0 Å². The van der Waals surface area contributed by atoms with Gasteiger partial charge in [0.15, 0.2) is 6.61 Å². The number of fused-ring (bicyclic) bond motifs is 1. The fraction of sp³-hybridized carbons (Fsp3) is 0.240. The van der Waals surface area contributed by atoms with Crippen molar-refractivity contribution in [1.82, 2.24) is 0 Å². The molecular weight excluding hydrogens is 453 g/mol. The zero-order valence-electron chi connectivity index (χ0n) is 17.7. The van der Waals surface area contributed by atoms with Crippen molar-refractivity contribution in [1.29, 1.82) is 0 Å². The summed E-state index contributed by atoms with van der Waals surface area (Å²) in [5, 5.41) is 30.8. The molecule has 0 unspecified atom stereocenters. The van der Waals surface area contributed by atoms with Gasteiger partial charge in [-0.25, -0.2) is 4.79 Å². The van der Waals surface area contributed by atoms with Crippen molar-refractivity contribution < 1.29 is 42.8 Å². The van der Waals surface area contributed by atoms with Crippen LogP contribution in [-0.4, -0.2) is 40.1 Å². The summed E-state index contributed by atoms with van der Waals surface area (Å²) >= 11 is 0. The topological polar surface area (TPSA) is 96.2 Å². The molecule has 0 aromatic heterocycles. The molecule has 9 heteroatoms. The van der Waals surface area contributed by atoms with E-state index >= 15 is 0 Å². The molecule has 1 heterocycles. The smallest absolute Gasteiger partial charge is 0.416 e. The Morgan fingerprint density at radius 3 is 2.50 bits per heavy atom. The van der Waals surface area contributed by atoms with Crippen LogP contribution in [0.15, 0.2) is 66.7 Å². The Bertz CT molecular complexity index is 1200. The molecule has 2 atom stereocenters. The monoisotopic (exact) mass is 474 g/mol. The van der Waals surface area contributed by atoms with Crippen LogP contribution < -0.4 is 9.47 Å². The van der Waals surface area contributed by atoms with Crippen molar-refractivity contribution in [3.05, 3.63) is 83.4 Å². The van der Waals surface area contributed by atoms with E-state index in [0.29, 0.717) is 0 Å². The highest BCUT2D eigenvalue weighted by molar-refractivity contribution is 5.75. The highest BCUT2D eigenvalue weighted by Crippen LogP contribution is 2.43. The van der Waals surface area contributed by atoms with Crippen LogP contribution in [-0.2, 0) is 17.4 Å². The van der Waals surface area contributed by atoms with Crippen LogP contribution >= 0.6 is 0 Å². The number of hydrogen-bond acceptors (Lipinski definition) is 5. The molecule has 3 aromatic rings. The number of ether oxygens (including phenoxy) is 2. The van der Waals surface area contributed by atoms with Crippen LogP contribution in [0.25, 0.3) is 11.1 Å². The van der Waals surface area contributed by atoms with Crippen LogP contribution in [0.4, 0.5) is 13.2 Å². The SMILES string of the molecule is O=C(O)COc1ccc(C(F)(F)F)cc1-c1ccc2c(c1)OC[C@@](O)(Cc1ccccc1)[C@H]2O. The van der Waals surface area contributed by atoms with Gasteiger partial charge in [0.1, 0.15) is 29.8 Å². The molecule has 3 aromatic carbocycles. The first-order chi connectivity index (χ1) is 16.1. The van der Waals surface area contributed by atoms with E-state index in [1.165, 1.54) is 18.2 Å². The molecule has 1 aliphatic rings. The number of carbonyl (C=O) groups is 1. The summed E-state index contributed by atoms with van der Waals surface area (Å²) in [6.07, 6.45) is -5.78. The van der Waals surface area contributed by atoms with Crippen molar-refractivity contribution in [2.45, 2.75) is 24.3 Å². The molecule has 0 amide bonds. The van der Waals surface area contributed by atoms with Gasteiger partial charge in [0.25, 0.3) is 0 Å². The number of aliphatic carboxylic acids is 1. The molecule has 4 rings (SSSR count). The zero-order valence-corrected chi connectivity index (χ0v) is 17.7. The minimum atomic E-state index is -4.62. The Kier molecular flexibility index (Phi) is 6.24. The lowest BCUT2D eigenvalue weighted by Crippen LogP contribution is -2.47. The van der Waals surface area contributed by atoms with Crippen molar-refractivity contribution in [2.24, 2.45) is 0 Å². The van der Waals surface area contributed by atoms with Gasteiger partial charge >= 0.3 is 12.1 Å². The van der Waals surface area contributed by atoms with Crippen molar-refractivity contribution in [3.8, 4) is 22.6 Å². The number of carboxylic acids is 1. The average Bonchev–Trinajstić information content (AvgIpc) is 2.80. The fourth-order valence-corrected chi connectivity index (χ4v) is 3.92. The summed E-state index contributed by atoms with van der Waals surface area (Å²) in [7, 11) is 0. The number of alkyl halides is 3. The molecule has 0 radical (unpaired) electrons. The molecule has 0 spiro atoms. The quantitative estimate of drug-likeness (QED) is 0.495. The van der Waals surface area contributed by atoms with Crippen molar-refractivity contribution in [3.63, 3.8) is 0 Å². The third-order valence-electron chi connectivity index (χ3n) is 5.62. The van der Waals surface area contributed by atoms with Gasteiger partial charge in [0, 0.05) is 17.5 Å². The Labute approximate surface area is 192 Å². The number of rotatable bonds is 6. The van der Waals surface area contributed by atoms with Gasteiger partial charge in [-0.15, -0.1) is 0 Å². The van der Waals surface area contributed by atoms with E-state index in [2.05, 4.69) is 0 Å². The molecule has 0 fully saturated rings. The van der Waals surface area contributed by atoms with Crippen molar-refractivity contribution >= 4 is 5.97 Å². The molecule has 0 saturated heterocycles.